The maximum atomic E-state index is 11.9. The van der Waals surface area contributed by atoms with Crippen LogP contribution in [-0.4, -0.2) is 43.5 Å². The van der Waals surface area contributed by atoms with Gasteiger partial charge in [0.25, 0.3) is 0 Å². The van der Waals surface area contributed by atoms with Gasteiger partial charge in [-0.3, -0.25) is 4.79 Å². The van der Waals surface area contributed by atoms with Crippen molar-refractivity contribution in [2.75, 3.05) is 26.7 Å². The molecule has 2 N–H and O–H groups in total. The van der Waals surface area contributed by atoms with Gasteiger partial charge in [-0.15, -0.1) is 0 Å². The molecule has 1 aliphatic rings. The van der Waals surface area contributed by atoms with Crippen LogP contribution >= 0.6 is 0 Å². The lowest BCUT2D eigenvalue weighted by Crippen LogP contribution is -2.47. The minimum atomic E-state index is 0.0285. The Balaban J connectivity index is 1.57. The molecule has 1 heterocycles. The van der Waals surface area contributed by atoms with Crippen molar-refractivity contribution in [3.8, 4) is 0 Å². The summed E-state index contributed by atoms with van der Waals surface area (Å²) in [5.41, 5.74) is 1.33. The number of carbonyl (C=O) groups is 1. The second-order valence-electron chi connectivity index (χ2n) is 5.87. The molecule has 0 saturated carbocycles. The third-order valence-electron chi connectivity index (χ3n) is 3.94. The first-order valence-corrected chi connectivity index (χ1v) is 7.99. The molecule has 1 fully saturated rings. The van der Waals surface area contributed by atoms with E-state index in [2.05, 4.69) is 46.8 Å². The summed E-state index contributed by atoms with van der Waals surface area (Å²) in [6, 6.07) is 10.5. The number of nitrogens with one attached hydrogen (secondary N) is 2. The van der Waals surface area contributed by atoms with Gasteiger partial charge in [0.2, 0.25) is 5.91 Å². The molecule has 21 heavy (non-hydrogen) atoms. The highest BCUT2D eigenvalue weighted by molar-refractivity contribution is 5.81. The van der Waals surface area contributed by atoms with Crippen LogP contribution in [0.5, 0.6) is 0 Å². The molecule has 4 nitrogen and oxygen atoms in total. The fourth-order valence-corrected chi connectivity index (χ4v) is 2.73. The van der Waals surface area contributed by atoms with E-state index in [1.807, 2.05) is 6.07 Å². The molecular formula is C17H27N3O. The topological polar surface area (TPSA) is 44.4 Å². The summed E-state index contributed by atoms with van der Waals surface area (Å²) in [6.45, 7) is 3.68. The van der Waals surface area contributed by atoms with E-state index in [9.17, 15) is 4.79 Å². The minimum absolute atomic E-state index is 0.0285. The summed E-state index contributed by atoms with van der Waals surface area (Å²) in [5.74, 6) is 0.167. The number of carbonyl (C=O) groups excluding carboxylic acids is 1. The molecular weight excluding hydrogens is 262 g/mol. The van der Waals surface area contributed by atoms with Gasteiger partial charge in [-0.1, -0.05) is 36.8 Å². The molecule has 0 radical (unpaired) electrons. The zero-order valence-corrected chi connectivity index (χ0v) is 13.0. The second kappa shape index (κ2) is 8.80. The van der Waals surface area contributed by atoms with Crippen LogP contribution in [0.2, 0.25) is 0 Å². The fraction of sp³-hybridized carbons (Fsp3) is 0.588. The van der Waals surface area contributed by atoms with Crippen LogP contribution in [0.3, 0.4) is 0 Å². The lowest BCUT2D eigenvalue weighted by atomic mass is 10.0. The third-order valence-corrected chi connectivity index (χ3v) is 3.94. The monoisotopic (exact) mass is 289 g/mol. The zero-order chi connectivity index (χ0) is 14.9. The van der Waals surface area contributed by atoms with Gasteiger partial charge in [0.05, 0.1) is 6.04 Å². The van der Waals surface area contributed by atoms with Gasteiger partial charge in [-0.2, -0.15) is 0 Å². The van der Waals surface area contributed by atoms with Gasteiger partial charge in [0.1, 0.15) is 0 Å². The van der Waals surface area contributed by atoms with E-state index in [1.165, 1.54) is 12.0 Å². The quantitative estimate of drug-likeness (QED) is 0.752. The van der Waals surface area contributed by atoms with E-state index in [0.29, 0.717) is 0 Å². The molecule has 1 aromatic carbocycles. The number of amides is 1. The lowest BCUT2D eigenvalue weighted by molar-refractivity contribution is -0.123. The summed E-state index contributed by atoms with van der Waals surface area (Å²) >= 11 is 0. The summed E-state index contributed by atoms with van der Waals surface area (Å²) < 4.78 is 0. The molecule has 1 aliphatic heterocycles. The summed E-state index contributed by atoms with van der Waals surface area (Å²) in [7, 11) is 2.12. The van der Waals surface area contributed by atoms with Gasteiger partial charge in [0, 0.05) is 13.1 Å². The van der Waals surface area contributed by atoms with Crippen molar-refractivity contribution in [3.05, 3.63) is 35.9 Å². The van der Waals surface area contributed by atoms with E-state index < -0.39 is 0 Å². The van der Waals surface area contributed by atoms with Crippen molar-refractivity contribution < 1.29 is 4.79 Å². The van der Waals surface area contributed by atoms with Crippen LogP contribution in [0.15, 0.2) is 30.3 Å². The van der Waals surface area contributed by atoms with Crippen LogP contribution in [0, 0.1) is 0 Å². The molecule has 116 valence electrons. The Hall–Kier alpha value is -1.39. The normalized spacial score (nSPS) is 18.7. The number of nitrogens with zero attached hydrogens (tertiary/aromatic N) is 1. The predicted molar refractivity (Wildman–Crippen MR) is 86.0 cm³/mol. The van der Waals surface area contributed by atoms with Crippen molar-refractivity contribution in [2.45, 2.75) is 38.3 Å². The number of rotatable bonds is 7. The molecule has 0 spiro atoms. The Morgan fingerprint density at radius 1 is 1.33 bits per heavy atom. The van der Waals surface area contributed by atoms with Crippen molar-refractivity contribution in [3.63, 3.8) is 0 Å². The molecule has 0 aliphatic carbocycles. The minimum Gasteiger partial charge on any atom is -0.355 e. The standard InChI is InChI=1S/C17H27N3O/c1-20(14-15-8-3-2-4-9-15)13-7-12-19-17(21)16-10-5-6-11-18-16/h2-4,8-9,16,18H,5-7,10-14H2,1H3,(H,19,21)/t16-/m0/s1. The maximum absolute atomic E-state index is 11.9. The van der Waals surface area contributed by atoms with E-state index in [4.69, 9.17) is 0 Å². The van der Waals surface area contributed by atoms with Gasteiger partial charge in [-0.05, 0) is 45.0 Å². The molecule has 2 rings (SSSR count). The molecule has 0 unspecified atom stereocenters. The Morgan fingerprint density at radius 3 is 2.86 bits per heavy atom. The average Bonchev–Trinajstić information content (AvgIpc) is 2.53. The Morgan fingerprint density at radius 2 is 2.14 bits per heavy atom. The summed E-state index contributed by atoms with van der Waals surface area (Å²) in [4.78, 5) is 14.2. The molecule has 1 atom stereocenters. The molecule has 1 aromatic rings. The summed E-state index contributed by atoms with van der Waals surface area (Å²) in [6.07, 6.45) is 4.31. The Bertz CT molecular complexity index is 415. The maximum Gasteiger partial charge on any atom is 0.237 e. The van der Waals surface area contributed by atoms with E-state index in [-0.39, 0.29) is 11.9 Å². The van der Waals surface area contributed by atoms with Crippen molar-refractivity contribution in [1.29, 1.82) is 0 Å². The van der Waals surface area contributed by atoms with Crippen LogP contribution in [-0.2, 0) is 11.3 Å². The number of hydrogen-bond acceptors (Lipinski definition) is 3. The average molecular weight is 289 g/mol. The highest BCUT2D eigenvalue weighted by atomic mass is 16.2. The van der Waals surface area contributed by atoms with Crippen LogP contribution < -0.4 is 10.6 Å². The molecule has 1 amide bonds. The van der Waals surface area contributed by atoms with Crippen molar-refractivity contribution >= 4 is 5.91 Å². The largest absolute Gasteiger partial charge is 0.355 e. The Labute approximate surface area is 127 Å². The molecule has 4 heteroatoms. The Kier molecular flexibility index (Phi) is 6.70. The highest BCUT2D eigenvalue weighted by Crippen LogP contribution is 2.06. The second-order valence-corrected chi connectivity index (χ2v) is 5.87. The third kappa shape index (κ3) is 5.86. The number of hydrogen-bond donors (Lipinski definition) is 2. The predicted octanol–water partition coefficient (Wildman–Crippen LogP) is 1.77. The van der Waals surface area contributed by atoms with Crippen LogP contribution in [0.4, 0.5) is 0 Å². The van der Waals surface area contributed by atoms with E-state index >= 15 is 0 Å². The van der Waals surface area contributed by atoms with Gasteiger partial charge in [-0.25, -0.2) is 0 Å². The molecule has 0 aromatic heterocycles. The van der Waals surface area contributed by atoms with E-state index in [0.717, 1.165) is 45.4 Å². The van der Waals surface area contributed by atoms with Crippen LogP contribution in [0.25, 0.3) is 0 Å². The first-order valence-electron chi connectivity index (χ1n) is 7.99. The summed E-state index contributed by atoms with van der Waals surface area (Å²) in [5, 5.41) is 6.32. The van der Waals surface area contributed by atoms with Gasteiger partial charge < -0.3 is 15.5 Å². The number of piperidine rings is 1. The van der Waals surface area contributed by atoms with Crippen LogP contribution in [0.1, 0.15) is 31.2 Å². The SMILES string of the molecule is CN(CCCNC(=O)[C@@H]1CCCCN1)Cc1ccccc1. The van der Waals surface area contributed by atoms with Crippen molar-refractivity contribution in [1.82, 2.24) is 15.5 Å². The van der Waals surface area contributed by atoms with E-state index in [1.54, 1.807) is 0 Å². The van der Waals surface area contributed by atoms with Crippen molar-refractivity contribution in [2.24, 2.45) is 0 Å². The number of benzene rings is 1. The zero-order valence-electron chi connectivity index (χ0n) is 13.0. The smallest absolute Gasteiger partial charge is 0.237 e. The highest BCUT2D eigenvalue weighted by Gasteiger charge is 2.19. The van der Waals surface area contributed by atoms with Gasteiger partial charge >= 0.3 is 0 Å². The fourth-order valence-electron chi connectivity index (χ4n) is 2.73. The molecule has 1 saturated heterocycles. The first kappa shape index (κ1) is 16.0. The van der Waals surface area contributed by atoms with Gasteiger partial charge in [0.15, 0.2) is 0 Å². The first-order chi connectivity index (χ1) is 10.3. The lowest BCUT2D eigenvalue weighted by Gasteiger charge is -2.23. The molecule has 0 bridgehead atoms.